The van der Waals surface area contributed by atoms with Crippen molar-refractivity contribution < 1.29 is 4.92 Å². The minimum atomic E-state index is -0.458. The number of hydrogen-bond acceptors (Lipinski definition) is 6. The number of hydrogen-bond donors (Lipinski definition) is 2. The van der Waals surface area contributed by atoms with Crippen molar-refractivity contribution in [1.29, 1.82) is 0 Å². The number of aromatic nitrogens is 1. The van der Waals surface area contributed by atoms with Gasteiger partial charge >= 0.3 is 0 Å². The van der Waals surface area contributed by atoms with Gasteiger partial charge < -0.3 is 11.1 Å². The van der Waals surface area contributed by atoms with Gasteiger partial charge in [-0.05, 0) is 26.8 Å². The summed E-state index contributed by atoms with van der Waals surface area (Å²) < 4.78 is 0. The minimum absolute atomic E-state index is 0.00878. The first-order chi connectivity index (χ1) is 9.38. The second-order valence-electron chi connectivity index (χ2n) is 4.58. The molecule has 1 aromatic carbocycles. The number of nitrogen functional groups attached to an aromatic ring is 1. The van der Waals surface area contributed by atoms with E-state index in [1.807, 2.05) is 20.8 Å². The Morgan fingerprint density at radius 3 is 2.65 bits per heavy atom. The molecule has 6 nitrogen and oxygen atoms in total. The topological polar surface area (TPSA) is 94.1 Å². The molecular weight excluding hydrogens is 276 g/mol. The highest BCUT2D eigenvalue weighted by molar-refractivity contribution is 7.11. The Labute approximate surface area is 120 Å². The lowest BCUT2D eigenvalue weighted by Crippen LogP contribution is -2.08. The summed E-state index contributed by atoms with van der Waals surface area (Å²) in [7, 11) is 0. The van der Waals surface area contributed by atoms with Gasteiger partial charge in [0.1, 0.15) is 0 Å². The third-order valence-corrected chi connectivity index (χ3v) is 4.21. The van der Waals surface area contributed by atoms with E-state index in [-0.39, 0.29) is 11.7 Å². The molecule has 106 valence electrons. The number of nitrogens with zero attached hydrogens (tertiary/aromatic N) is 2. The van der Waals surface area contributed by atoms with Crippen molar-refractivity contribution in [3.05, 3.63) is 43.9 Å². The summed E-state index contributed by atoms with van der Waals surface area (Å²) in [4.78, 5) is 15.8. The molecule has 1 unspecified atom stereocenters. The predicted octanol–water partition coefficient (Wildman–Crippen LogP) is 3.42. The number of anilines is 2. The van der Waals surface area contributed by atoms with Crippen LogP contribution in [0, 0.1) is 24.0 Å². The molecular formula is C13H16N4O2S. The Morgan fingerprint density at radius 2 is 2.15 bits per heavy atom. The van der Waals surface area contributed by atoms with Gasteiger partial charge in [-0.3, -0.25) is 10.1 Å². The molecule has 0 aliphatic heterocycles. The summed E-state index contributed by atoms with van der Waals surface area (Å²) in [6.45, 7) is 5.95. The molecule has 2 rings (SSSR count). The average molecular weight is 292 g/mol. The van der Waals surface area contributed by atoms with Gasteiger partial charge in [0.25, 0.3) is 5.69 Å². The molecule has 0 fully saturated rings. The Balaban J connectivity index is 2.22. The van der Waals surface area contributed by atoms with Crippen LogP contribution >= 0.6 is 11.3 Å². The van der Waals surface area contributed by atoms with Crippen molar-refractivity contribution in [1.82, 2.24) is 4.98 Å². The van der Waals surface area contributed by atoms with Crippen molar-refractivity contribution in [2.75, 3.05) is 11.1 Å². The number of nitro groups is 1. The van der Waals surface area contributed by atoms with E-state index in [4.69, 9.17) is 5.73 Å². The van der Waals surface area contributed by atoms with Crippen LogP contribution < -0.4 is 11.1 Å². The molecule has 1 heterocycles. The fourth-order valence-electron chi connectivity index (χ4n) is 2.04. The first kappa shape index (κ1) is 14.3. The van der Waals surface area contributed by atoms with Gasteiger partial charge in [0.2, 0.25) is 0 Å². The predicted molar refractivity (Wildman–Crippen MR) is 81.1 cm³/mol. The number of nitrogens with one attached hydrogen (secondary N) is 1. The zero-order chi connectivity index (χ0) is 14.9. The molecule has 0 spiro atoms. The van der Waals surface area contributed by atoms with E-state index in [1.54, 1.807) is 17.4 Å². The molecule has 2 aromatic rings. The van der Waals surface area contributed by atoms with Crippen molar-refractivity contribution >= 4 is 28.4 Å². The van der Waals surface area contributed by atoms with Crippen LogP contribution in [0.25, 0.3) is 0 Å². The SMILES string of the molecule is Cc1nc(C)c(C(C)Nc2ccc([N+](=O)[O-])cc2N)s1. The smallest absolute Gasteiger partial charge is 0.271 e. The molecule has 3 N–H and O–H groups in total. The molecule has 20 heavy (non-hydrogen) atoms. The van der Waals surface area contributed by atoms with Gasteiger partial charge in [0.05, 0.1) is 33.0 Å². The van der Waals surface area contributed by atoms with E-state index in [0.717, 1.165) is 15.6 Å². The van der Waals surface area contributed by atoms with E-state index >= 15 is 0 Å². The third-order valence-electron chi connectivity index (χ3n) is 2.95. The lowest BCUT2D eigenvalue weighted by atomic mass is 10.2. The summed E-state index contributed by atoms with van der Waals surface area (Å²) in [6.07, 6.45) is 0. The maximum absolute atomic E-state index is 10.7. The second kappa shape index (κ2) is 5.46. The van der Waals surface area contributed by atoms with Gasteiger partial charge in [-0.15, -0.1) is 11.3 Å². The Hall–Kier alpha value is -2.15. The standard InChI is InChI=1S/C13H16N4O2S/c1-7-13(20-9(3)15-7)8(2)16-12-5-4-10(17(18)19)6-11(12)14/h4-6,8,16H,14H2,1-3H3. The summed E-state index contributed by atoms with van der Waals surface area (Å²) in [5.41, 5.74) is 7.89. The number of thiazole rings is 1. The molecule has 1 atom stereocenters. The number of nitrogens with two attached hydrogens (primary N) is 1. The van der Waals surface area contributed by atoms with Crippen LogP contribution in [-0.4, -0.2) is 9.91 Å². The molecule has 0 saturated heterocycles. The van der Waals surface area contributed by atoms with Crippen LogP contribution in [0.5, 0.6) is 0 Å². The van der Waals surface area contributed by atoms with Crippen LogP contribution in [-0.2, 0) is 0 Å². The van der Waals surface area contributed by atoms with Crippen LogP contribution in [0.4, 0.5) is 17.1 Å². The van der Waals surface area contributed by atoms with E-state index in [9.17, 15) is 10.1 Å². The lowest BCUT2D eigenvalue weighted by Gasteiger charge is -2.15. The monoisotopic (exact) mass is 292 g/mol. The Kier molecular flexibility index (Phi) is 3.89. The number of aryl methyl sites for hydroxylation is 2. The van der Waals surface area contributed by atoms with Crippen molar-refractivity contribution in [3.63, 3.8) is 0 Å². The Bertz CT molecular complexity index is 654. The number of rotatable bonds is 4. The summed E-state index contributed by atoms with van der Waals surface area (Å²) in [5, 5.41) is 15.0. The van der Waals surface area contributed by atoms with Crippen LogP contribution in [0.3, 0.4) is 0 Å². The van der Waals surface area contributed by atoms with Gasteiger partial charge in [0, 0.05) is 17.0 Å². The molecule has 0 saturated carbocycles. The maximum atomic E-state index is 10.7. The normalized spacial score (nSPS) is 12.2. The Morgan fingerprint density at radius 1 is 1.45 bits per heavy atom. The van der Waals surface area contributed by atoms with E-state index in [0.29, 0.717) is 11.4 Å². The molecule has 0 aliphatic carbocycles. The van der Waals surface area contributed by atoms with Gasteiger partial charge in [-0.2, -0.15) is 0 Å². The highest BCUT2D eigenvalue weighted by Gasteiger charge is 2.15. The first-order valence-electron chi connectivity index (χ1n) is 6.13. The van der Waals surface area contributed by atoms with Gasteiger partial charge in [0.15, 0.2) is 0 Å². The number of nitro benzene ring substituents is 1. The highest BCUT2D eigenvalue weighted by Crippen LogP contribution is 2.31. The highest BCUT2D eigenvalue weighted by atomic mass is 32.1. The van der Waals surface area contributed by atoms with Crippen LogP contribution in [0.15, 0.2) is 18.2 Å². The minimum Gasteiger partial charge on any atom is -0.397 e. The van der Waals surface area contributed by atoms with E-state index < -0.39 is 4.92 Å². The van der Waals surface area contributed by atoms with Crippen molar-refractivity contribution in [2.24, 2.45) is 0 Å². The molecule has 1 aromatic heterocycles. The zero-order valence-electron chi connectivity index (χ0n) is 11.5. The number of non-ortho nitro benzene ring substituents is 1. The molecule has 7 heteroatoms. The van der Waals surface area contributed by atoms with Crippen molar-refractivity contribution in [3.8, 4) is 0 Å². The summed E-state index contributed by atoms with van der Waals surface area (Å²) in [6, 6.07) is 4.48. The van der Waals surface area contributed by atoms with E-state index in [2.05, 4.69) is 10.3 Å². The fraction of sp³-hybridized carbons (Fsp3) is 0.308. The van der Waals surface area contributed by atoms with Crippen molar-refractivity contribution in [2.45, 2.75) is 26.8 Å². The molecule has 0 amide bonds. The summed E-state index contributed by atoms with van der Waals surface area (Å²) >= 11 is 1.63. The summed E-state index contributed by atoms with van der Waals surface area (Å²) in [5.74, 6) is 0. The maximum Gasteiger partial charge on any atom is 0.271 e. The lowest BCUT2D eigenvalue weighted by molar-refractivity contribution is -0.384. The van der Waals surface area contributed by atoms with Crippen LogP contribution in [0.1, 0.15) is 28.5 Å². The zero-order valence-corrected chi connectivity index (χ0v) is 12.3. The quantitative estimate of drug-likeness (QED) is 0.511. The van der Waals surface area contributed by atoms with Gasteiger partial charge in [-0.25, -0.2) is 4.98 Å². The molecule has 0 aliphatic rings. The average Bonchev–Trinajstić information content (AvgIpc) is 2.70. The first-order valence-corrected chi connectivity index (χ1v) is 6.94. The largest absolute Gasteiger partial charge is 0.397 e. The van der Waals surface area contributed by atoms with Crippen LogP contribution in [0.2, 0.25) is 0 Å². The van der Waals surface area contributed by atoms with E-state index in [1.165, 1.54) is 12.1 Å². The second-order valence-corrected chi connectivity index (χ2v) is 5.81. The molecule has 0 bridgehead atoms. The molecule has 0 radical (unpaired) electrons. The number of benzene rings is 1. The third kappa shape index (κ3) is 2.88. The fourth-order valence-corrected chi connectivity index (χ4v) is 2.97. The van der Waals surface area contributed by atoms with Gasteiger partial charge in [-0.1, -0.05) is 0 Å².